The average Bonchev–Trinajstić information content (AvgIpc) is 2.39. The van der Waals surface area contributed by atoms with E-state index in [-0.39, 0.29) is 11.6 Å². The Bertz CT molecular complexity index is 514. The Hall–Kier alpha value is -1.31. The molecule has 1 rings (SSSR count). The highest BCUT2D eigenvalue weighted by Crippen LogP contribution is 2.19. The van der Waals surface area contributed by atoms with Crippen LogP contribution in [0, 0.1) is 0 Å². The van der Waals surface area contributed by atoms with Crippen molar-refractivity contribution in [2.24, 2.45) is 0 Å². The molecule has 0 heterocycles. The minimum Gasteiger partial charge on any atom is -0.338 e. The van der Waals surface area contributed by atoms with Crippen LogP contribution in [0.2, 0.25) is 0 Å². The van der Waals surface area contributed by atoms with Crippen molar-refractivity contribution in [1.82, 2.24) is 9.03 Å². The number of carbonyl (C=O) groups excluding carboxylic acids is 1. The van der Waals surface area contributed by atoms with Crippen LogP contribution in [-0.2, 0) is 14.8 Å². The minimum atomic E-state index is -3.61. The van der Waals surface area contributed by atoms with E-state index in [1.807, 2.05) is 0 Å². The maximum atomic E-state index is 12.2. The zero-order valence-electron chi connectivity index (χ0n) is 9.87. The van der Waals surface area contributed by atoms with Gasteiger partial charge in [-0.25, -0.2) is 8.42 Å². The molecule has 1 aromatic carbocycles. The quantitative estimate of drug-likeness (QED) is 0.485. The molecule has 0 aliphatic heterocycles. The lowest BCUT2D eigenvalue weighted by atomic mass is 10.4. The van der Waals surface area contributed by atoms with E-state index >= 15 is 0 Å². The molecule has 98 valence electrons. The Kier molecular flexibility index (Phi) is 5.39. The predicted molar refractivity (Wildman–Crippen MR) is 72.2 cm³/mol. The summed E-state index contributed by atoms with van der Waals surface area (Å²) in [4.78, 5) is 11.2. The summed E-state index contributed by atoms with van der Waals surface area (Å²) in [6, 6.07) is 8.05. The molecule has 0 unspecified atom stereocenters. The van der Waals surface area contributed by atoms with Crippen molar-refractivity contribution >= 4 is 27.9 Å². The number of hydrogen-bond acceptors (Lipinski definition) is 4. The molecule has 0 atom stereocenters. The third-order valence-electron chi connectivity index (χ3n) is 2.08. The number of nitrogens with zero attached hydrogens (tertiary/aromatic N) is 1. The van der Waals surface area contributed by atoms with Gasteiger partial charge in [0.1, 0.15) is 0 Å². The average molecular weight is 286 g/mol. The van der Waals surface area contributed by atoms with Crippen molar-refractivity contribution < 1.29 is 13.2 Å². The van der Waals surface area contributed by atoms with Gasteiger partial charge in [-0.3, -0.25) is 4.79 Å². The Labute approximate surface area is 111 Å². The van der Waals surface area contributed by atoms with Crippen LogP contribution >= 0.6 is 11.9 Å². The summed E-state index contributed by atoms with van der Waals surface area (Å²) >= 11 is 1.02. The van der Waals surface area contributed by atoms with E-state index in [2.05, 4.69) is 11.9 Å². The summed E-state index contributed by atoms with van der Waals surface area (Å²) in [6.45, 7) is 3.19. The molecule has 0 spiro atoms. The molecule has 1 amide bonds. The molecule has 1 aromatic rings. The number of sulfonamides is 1. The molecule has 7 heteroatoms. The highest BCUT2D eigenvalue weighted by molar-refractivity contribution is 8.08. The standard InChI is InChI=1S/C11H14N2O3S2/c1-3-11(14)12-9-13(17-2)18(15,16)10-7-5-4-6-8-10/h3-8H,1,9H2,2H3,(H,12,14). The number of carbonyl (C=O) groups is 1. The van der Waals surface area contributed by atoms with Crippen molar-refractivity contribution in [1.29, 1.82) is 0 Å². The fourth-order valence-corrected chi connectivity index (χ4v) is 3.38. The molecule has 0 bridgehead atoms. The van der Waals surface area contributed by atoms with E-state index in [1.165, 1.54) is 12.1 Å². The van der Waals surface area contributed by atoms with Gasteiger partial charge in [-0.1, -0.05) is 36.7 Å². The first kappa shape index (κ1) is 14.7. The van der Waals surface area contributed by atoms with E-state index < -0.39 is 15.9 Å². The third-order valence-corrected chi connectivity index (χ3v) is 5.19. The molecule has 1 N–H and O–H groups in total. The number of nitrogens with one attached hydrogen (secondary N) is 1. The summed E-state index contributed by atoms with van der Waals surface area (Å²) in [6.07, 6.45) is 2.72. The Morgan fingerprint density at radius 3 is 2.56 bits per heavy atom. The van der Waals surface area contributed by atoms with E-state index in [0.717, 1.165) is 21.7 Å². The summed E-state index contributed by atoms with van der Waals surface area (Å²) in [7, 11) is -3.61. The van der Waals surface area contributed by atoms with Gasteiger partial charge < -0.3 is 5.32 Å². The van der Waals surface area contributed by atoms with Gasteiger partial charge >= 0.3 is 0 Å². The fraction of sp³-hybridized carbons (Fsp3) is 0.182. The monoisotopic (exact) mass is 286 g/mol. The van der Waals surface area contributed by atoms with Crippen molar-refractivity contribution in [2.45, 2.75) is 4.90 Å². The minimum absolute atomic E-state index is 0.108. The maximum absolute atomic E-state index is 12.2. The van der Waals surface area contributed by atoms with Crippen LogP contribution in [0.25, 0.3) is 0 Å². The molecule has 0 fully saturated rings. The van der Waals surface area contributed by atoms with Gasteiger partial charge in [0.25, 0.3) is 10.0 Å². The molecule has 0 aliphatic rings. The Morgan fingerprint density at radius 2 is 2.06 bits per heavy atom. The topological polar surface area (TPSA) is 66.5 Å². The molecule has 0 radical (unpaired) electrons. The van der Waals surface area contributed by atoms with Crippen LogP contribution in [0.4, 0.5) is 0 Å². The van der Waals surface area contributed by atoms with E-state index in [1.54, 1.807) is 24.5 Å². The van der Waals surface area contributed by atoms with Crippen molar-refractivity contribution in [3.8, 4) is 0 Å². The second kappa shape index (κ2) is 6.58. The van der Waals surface area contributed by atoms with Gasteiger partial charge in [0.2, 0.25) is 5.91 Å². The van der Waals surface area contributed by atoms with Gasteiger partial charge in [0.15, 0.2) is 0 Å². The highest BCUT2D eigenvalue weighted by atomic mass is 32.3. The van der Waals surface area contributed by atoms with Gasteiger partial charge in [-0.2, -0.15) is 0 Å². The van der Waals surface area contributed by atoms with Crippen molar-refractivity contribution in [3.05, 3.63) is 43.0 Å². The Morgan fingerprint density at radius 1 is 1.44 bits per heavy atom. The van der Waals surface area contributed by atoms with Crippen LogP contribution in [0.3, 0.4) is 0 Å². The first-order chi connectivity index (χ1) is 8.52. The molecule has 0 saturated heterocycles. The molecular weight excluding hydrogens is 272 g/mol. The first-order valence-corrected chi connectivity index (χ1v) is 7.66. The zero-order chi connectivity index (χ0) is 13.6. The van der Waals surface area contributed by atoms with Crippen LogP contribution in [-0.4, -0.2) is 31.0 Å². The molecule has 0 aliphatic carbocycles. The SMILES string of the molecule is C=CC(=O)NCN(SC)S(=O)(=O)c1ccccc1. The van der Waals surface area contributed by atoms with E-state index in [0.29, 0.717) is 0 Å². The number of rotatable bonds is 6. The molecule has 0 saturated carbocycles. The van der Waals surface area contributed by atoms with Gasteiger partial charge in [-0.15, -0.1) is 3.71 Å². The van der Waals surface area contributed by atoms with Crippen molar-refractivity contribution in [3.63, 3.8) is 0 Å². The van der Waals surface area contributed by atoms with Crippen LogP contribution in [0.15, 0.2) is 47.9 Å². The second-order valence-electron chi connectivity index (χ2n) is 3.21. The number of amides is 1. The molecule has 5 nitrogen and oxygen atoms in total. The molecule has 0 aromatic heterocycles. The normalized spacial score (nSPS) is 11.2. The number of hydrogen-bond donors (Lipinski definition) is 1. The predicted octanol–water partition coefficient (Wildman–Crippen LogP) is 1.22. The summed E-state index contributed by atoms with van der Waals surface area (Å²) in [5.74, 6) is -0.419. The van der Waals surface area contributed by atoms with Crippen LogP contribution < -0.4 is 5.32 Å². The highest BCUT2D eigenvalue weighted by Gasteiger charge is 2.23. The van der Waals surface area contributed by atoms with Gasteiger partial charge in [0.05, 0.1) is 11.6 Å². The lowest BCUT2D eigenvalue weighted by Gasteiger charge is -2.19. The summed E-state index contributed by atoms with van der Waals surface area (Å²) in [5, 5.41) is 2.43. The zero-order valence-corrected chi connectivity index (χ0v) is 11.5. The molecule has 18 heavy (non-hydrogen) atoms. The fourth-order valence-electron chi connectivity index (χ4n) is 1.17. The first-order valence-electron chi connectivity index (χ1n) is 5.04. The summed E-state index contributed by atoms with van der Waals surface area (Å²) < 4.78 is 25.5. The smallest absolute Gasteiger partial charge is 0.253 e. The maximum Gasteiger partial charge on any atom is 0.253 e. The van der Waals surface area contributed by atoms with Crippen LogP contribution in [0.5, 0.6) is 0 Å². The van der Waals surface area contributed by atoms with Gasteiger partial charge in [0, 0.05) is 0 Å². The Balaban J connectivity index is 2.88. The lowest BCUT2D eigenvalue weighted by Crippen LogP contribution is -2.36. The summed E-state index contributed by atoms with van der Waals surface area (Å²) in [5.41, 5.74) is 0. The number of benzene rings is 1. The lowest BCUT2D eigenvalue weighted by molar-refractivity contribution is -0.116. The van der Waals surface area contributed by atoms with Crippen LogP contribution in [0.1, 0.15) is 0 Å². The second-order valence-corrected chi connectivity index (χ2v) is 6.11. The molecular formula is C11H14N2O3S2. The van der Waals surface area contributed by atoms with E-state index in [4.69, 9.17) is 0 Å². The third kappa shape index (κ3) is 3.59. The van der Waals surface area contributed by atoms with E-state index in [9.17, 15) is 13.2 Å². The van der Waals surface area contributed by atoms with Crippen molar-refractivity contribution in [2.75, 3.05) is 12.9 Å². The largest absolute Gasteiger partial charge is 0.338 e. The van der Waals surface area contributed by atoms with Gasteiger partial charge in [-0.05, 0) is 24.5 Å².